The predicted octanol–water partition coefficient (Wildman–Crippen LogP) is 6.43. The van der Waals surface area contributed by atoms with Crippen LogP contribution in [0.25, 0.3) is 0 Å². The predicted molar refractivity (Wildman–Crippen MR) is 165 cm³/mol. The molecule has 0 saturated carbocycles. The van der Waals surface area contributed by atoms with Crippen molar-refractivity contribution in [3.8, 4) is 17.2 Å². The Morgan fingerprint density at radius 3 is 2.48 bits per heavy atom. The summed E-state index contributed by atoms with van der Waals surface area (Å²) in [4.78, 5) is 17.7. The topological polar surface area (TPSA) is 71.5 Å². The van der Waals surface area contributed by atoms with Gasteiger partial charge in [0.2, 0.25) is 5.91 Å². The SMILES string of the molecule is Cc1cc(OCC2(CC(=O)N3CCC(O)CC3)CN(Cc3ccccc3Oc3cccc(Cl)c3)CCO2)cc(C)c1Cl. The van der Waals surface area contributed by atoms with Crippen molar-refractivity contribution in [1.29, 1.82) is 0 Å². The number of aryl methyl sites for hydroxylation is 2. The minimum atomic E-state index is -0.852. The zero-order valence-corrected chi connectivity index (χ0v) is 25.7. The summed E-state index contributed by atoms with van der Waals surface area (Å²) in [6, 6.07) is 19.1. The molecule has 0 radical (unpaired) electrons. The molecule has 1 unspecified atom stereocenters. The first-order valence-electron chi connectivity index (χ1n) is 14.4. The van der Waals surface area contributed by atoms with E-state index in [1.165, 1.54) is 0 Å². The van der Waals surface area contributed by atoms with Gasteiger partial charge < -0.3 is 24.2 Å². The number of aliphatic hydroxyl groups excluding tert-OH is 1. The lowest BCUT2D eigenvalue weighted by Crippen LogP contribution is -2.57. The van der Waals surface area contributed by atoms with Crippen molar-refractivity contribution in [2.75, 3.05) is 39.4 Å². The van der Waals surface area contributed by atoms with E-state index in [9.17, 15) is 9.90 Å². The molecule has 2 heterocycles. The smallest absolute Gasteiger partial charge is 0.225 e. The third kappa shape index (κ3) is 7.77. The van der Waals surface area contributed by atoms with Crippen LogP contribution in [0.5, 0.6) is 17.2 Å². The van der Waals surface area contributed by atoms with E-state index in [1.807, 2.05) is 67.3 Å². The fourth-order valence-electron chi connectivity index (χ4n) is 5.64. The number of halogens is 2. The number of rotatable bonds is 9. The normalized spacial score (nSPS) is 20.0. The van der Waals surface area contributed by atoms with E-state index in [-0.39, 0.29) is 25.0 Å². The summed E-state index contributed by atoms with van der Waals surface area (Å²) in [5.74, 6) is 2.14. The van der Waals surface area contributed by atoms with Gasteiger partial charge in [-0.2, -0.15) is 0 Å². The highest BCUT2D eigenvalue weighted by Crippen LogP contribution is 2.32. The zero-order chi connectivity index (χ0) is 29.7. The van der Waals surface area contributed by atoms with Crippen LogP contribution in [0.2, 0.25) is 10.0 Å². The number of morpholine rings is 1. The molecule has 224 valence electrons. The van der Waals surface area contributed by atoms with E-state index in [0.717, 1.165) is 27.5 Å². The number of piperidine rings is 1. The standard InChI is InChI=1S/C33H38Cl2N2O5/c1-23-16-29(17-24(2)32(23)35)40-22-33(19-31(39)37-12-10-27(38)11-13-37)21-36(14-15-41-33)20-25-6-3-4-9-30(25)42-28-8-5-7-26(34)18-28/h3-9,16-18,27,38H,10-15,19-22H2,1-2H3. The summed E-state index contributed by atoms with van der Waals surface area (Å²) in [6.07, 6.45) is 1.02. The minimum Gasteiger partial charge on any atom is -0.490 e. The monoisotopic (exact) mass is 612 g/mol. The molecule has 9 heteroatoms. The van der Waals surface area contributed by atoms with Gasteiger partial charge in [0.1, 0.15) is 29.5 Å². The molecule has 3 aromatic carbocycles. The number of nitrogens with zero attached hydrogens (tertiary/aromatic N) is 2. The molecule has 2 aliphatic heterocycles. The van der Waals surface area contributed by atoms with Gasteiger partial charge in [0.25, 0.3) is 0 Å². The van der Waals surface area contributed by atoms with Crippen molar-refractivity contribution in [2.45, 2.75) is 51.4 Å². The molecule has 0 aliphatic carbocycles. The molecule has 0 bridgehead atoms. The van der Waals surface area contributed by atoms with Gasteiger partial charge >= 0.3 is 0 Å². The zero-order valence-electron chi connectivity index (χ0n) is 24.2. The first-order chi connectivity index (χ1) is 20.2. The highest BCUT2D eigenvalue weighted by Gasteiger charge is 2.41. The lowest BCUT2D eigenvalue weighted by atomic mass is 9.95. The number of para-hydroxylation sites is 1. The van der Waals surface area contributed by atoms with Crippen LogP contribution in [0, 0.1) is 13.8 Å². The summed E-state index contributed by atoms with van der Waals surface area (Å²) in [5, 5.41) is 11.3. The van der Waals surface area contributed by atoms with Crippen LogP contribution in [0.1, 0.15) is 36.0 Å². The van der Waals surface area contributed by atoms with E-state index in [2.05, 4.69) is 11.0 Å². The number of carbonyl (C=O) groups is 1. The number of benzene rings is 3. The quantitative estimate of drug-likeness (QED) is 0.300. The highest BCUT2D eigenvalue weighted by molar-refractivity contribution is 6.32. The highest BCUT2D eigenvalue weighted by atomic mass is 35.5. The van der Waals surface area contributed by atoms with Gasteiger partial charge in [0.05, 0.1) is 19.1 Å². The van der Waals surface area contributed by atoms with E-state index in [0.29, 0.717) is 68.7 Å². The molecule has 1 amide bonds. The second-order valence-corrected chi connectivity index (χ2v) is 12.2. The van der Waals surface area contributed by atoms with Crippen LogP contribution >= 0.6 is 23.2 Å². The molecule has 42 heavy (non-hydrogen) atoms. The fourth-order valence-corrected chi connectivity index (χ4v) is 5.93. The Morgan fingerprint density at radius 1 is 1.00 bits per heavy atom. The summed E-state index contributed by atoms with van der Waals surface area (Å²) < 4.78 is 19.0. The number of likely N-dealkylation sites (tertiary alicyclic amines) is 1. The van der Waals surface area contributed by atoms with Gasteiger partial charge in [-0.15, -0.1) is 0 Å². The number of ether oxygens (including phenoxy) is 3. The summed E-state index contributed by atoms with van der Waals surface area (Å²) in [7, 11) is 0. The van der Waals surface area contributed by atoms with E-state index >= 15 is 0 Å². The Bertz CT molecular complexity index is 1370. The number of amides is 1. The van der Waals surface area contributed by atoms with Crippen molar-refractivity contribution in [1.82, 2.24) is 9.80 Å². The molecule has 1 N–H and O–H groups in total. The number of hydrogen-bond donors (Lipinski definition) is 1. The van der Waals surface area contributed by atoms with Gasteiger partial charge in [-0.1, -0.05) is 47.5 Å². The van der Waals surface area contributed by atoms with Crippen LogP contribution in [0.3, 0.4) is 0 Å². The molecule has 2 saturated heterocycles. The Morgan fingerprint density at radius 2 is 1.74 bits per heavy atom. The number of aliphatic hydroxyl groups is 1. The van der Waals surface area contributed by atoms with Crippen LogP contribution in [0.15, 0.2) is 60.7 Å². The average Bonchev–Trinajstić information content (AvgIpc) is 2.96. The van der Waals surface area contributed by atoms with Crippen molar-refractivity contribution in [3.63, 3.8) is 0 Å². The van der Waals surface area contributed by atoms with Crippen molar-refractivity contribution in [3.05, 3.63) is 87.4 Å². The van der Waals surface area contributed by atoms with Gasteiger partial charge in [-0.25, -0.2) is 0 Å². The first kappa shape index (κ1) is 30.6. The van der Waals surface area contributed by atoms with Crippen molar-refractivity contribution < 1.29 is 24.1 Å². The summed E-state index contributed by atoms with van der Waals surface area (Å²) in [5.41, 5.74) is 2.04. The third-order valence-electron chi connectivity index (χ3n) is 7.92. The Hall–Kier alpha value is -2.81. The molecule has 0 spiro atoms. The van der Waals surface area contributed by atoms with Gasteiger partial charge in [0.15, 0.2) is 0 Å². The molecule has 0 aromatic heterocycles. The van der Waals surface area contributed by atoms with Gasteiger partial charge in [-0.05, 0) is 74.2 Å². The number of carbonyl (C=O) groups excluding carboxylic acids is 1. The maximum absolute atomic E-state index is 13.5. The van der Waals surface area contributed by atoms with Crippen LogP contribution < -0.4 is 9.47 Å². The molecular formula is C33H38Cl2N2O5. The van der Waals surface area contributed by atoms with E-state index < -0.39 is 5.60 Å². The molecule has 2 aliphatic rings. The Labute approximate surface area is 257 Å². The maximum Gasteiger partial charge on any atom is 0.225 e. The summed E-state index contributed by atoms with van der Waals surface area (Å²) >= 11 is 12.6. The number of hydrogen-bond acceptors (Lipinski definition) is 6. The van der Waals surface area contributed by atoms with Crippen molar-refractivity contribution >= 4 is 29.1 Å². The molecule has 1 atom stereocenters. The second-order valence-electron chi connectivity index (χ2n) is 11.4. The fraction of sp³-hybridized carbons (Fsp3) is 0.424. The Balaban J connectivity index is 1.35. The van der Waals surface area contributed by atoms with Gasteiger partial charge in [0, 0.05) is 48.3 Å². The van der Waals surface area contributed by atoms with Crippen LogP contribution in [-0.4, -0.2) is 71.9 Å². The molecule has 5 rings (SSSR count). The van der Waals surface area contributed by atoms with E-state index in [4.69, 9.17) is 37.4 Å². The lowest BCUT2D eigenvalue weighted by Gasteiger charge is -2.43. The largest absolute Gasteiger partial charge is 0.490 e. The van der Waals surface area contributed by atoms with Crippen LogP contribution in [0.4, 0.5) is 0 Å². The molecule has 2 fully saturated rings. The van der Waals surface area contributed by atoms with E-state index in [1.54, 1.807) is 6.07 Å². The maximum atomic E-state index is 13.5. The van der Waals surface area contributed by atoms with Gasteiger partial charge in [-0.3, -0.25) is 9.69 Å². The Kier molecular flexibility index (Phi) is 9.96. The van der Waals surface area contributed by atoms with Crippen LogP contribution in [-0.2, 0) is 16.1 Å². The average molecular weight is 614 g/mol. The lowest BCUT2D eigenvalue weighted by molar-refractivity contribution is -0.158. The van der Waals surface area contributed by atoms with Crippen molar-refractivity contribution in [2.24, 2.45) is 0 Å². The molecule has 3 aromatic rings. The molecule has 7 nitrogen and oxygen atoms in total. The second kappa shape index (κ2) is 13.7. The minimum absolute atomic E-state index is 0.0144. The molecular weight excluding hydrogens is 575 g/mol. The summed E-state index contributed by atoms with van der Waals surface area (Å²) in [6.45, 7) is 7.50. The first-order valence-corrected chi connectivity index (χ1v) is 15.2. The third-order valence-corrected chi connectivity index (χ3v) is 8.75.